The summed E-state index contributed by atoms with van der Waals surface area (Å²) in [6.07, 6.45) is 0. The van der Waals surface area contributed by atoms with Gasteiger partial charge in [-0.3, -0.25) is 4.79 Å². The van der Waals surface area contributed by atoms with Crippen LogP contribution in [0, 0.1) is 0 Å². The summed E-state index contributed by atoms with van der Waals surface area (Å²) < 4.78 is 0. The molecule has 4 nitrogen and oxygen atoms in total. The predicted molar refractivity (Wildman–Crippen MR) is 88.0 cm³/mol. The number of nitrogens with one attached hydrogen (secondary N) is 1. The minimum Gasteiger partial charge on any atom is -0.336 e. The van der Waals surface area contributed by atoms with Gasteiger partial charge in [0.15, 0.2) is 0 Å². The summed E-state index contributed by atoms with van der Waals surface area (Å²) in [4.78, 5) is 19.4. The number of benzene rings is 2. The molecule has 0 atom stereocenters. The van der Waals surface area contributed by atoms with E-state index in [4.69, 9.17) is 0 Å². The van der Waals surface area contributed by atoms with Gasteiger partial charge >= 0.3 is 0 Å². The molecule has 0 bridgehead atoms. The van der Waals surface area contributed by atoms with Crippen LogP contribution in [0.2, 0.25) is 0 Å². The zero-order valence-corrected chi connectivity index (χ0v) is 12.2. The second-order valence-electron chi connectivity index (χ2n) is 5.60. The van der Waals surface area contributed by atoms with Crippen LogP contribution in [0.15, 0.2) is 48.5 Å². The van der Waals surface area contributed by atoms with E-state index in [-0.39, 0.29) is 5.91 Å². The van der Waals surface area contributed by atoms with Crippen molar-refractivity contribution >= 4 is 27.7 Å². The highest BCUT2D eigenvalue weighted by molar-refractivity contribution is 6.08. The van der Waals surface area contributed by atoms with Crippen LogP contribution in [0.3, 0.4) is 0 Å². The first-order chi connectivity index (χ1) is 10.8. The fraction of sp³-hybridized carbons (Fsp3) is 0.222. The Labute approximate surface area is 128 Å². The third-order valence-electron chi connectivity index (χ3n) is 4.20. The van der Waals surface area contributed by atoms with Gasteiger partial charge in [0.2, 0.25) is 0 Å². The van der Waals surface area contributed by atoms with Crippen molar-refractivity contribution < 1.29 is 4.79 Å². The van der Waals surface area contributed by atoms with Gasteiger partial charge in [0, 0.05) is 42.5 Å². The maximum atomic E-state index is 12.8. The molecule has 0 aliphatic carbocycles. The average molecular weight is 291 g/mol. The van der Waals surface area contributed by atoms with Crippen LogP contribution in [0.4, 0.5) is 0 Å². The molecule has 1 fully saturated rings. The minimum atomic E-state index is 0.101. The lowest BCUT2D eigenvalue weighted by Crippen LogP contribution is -2.46. The Hall–Kier alpha value is -2.46. The summed E-state index contributed by atoms with van der Waals surface area (Å²) >= 11 is 0. The highest BCUT2D eigenvalue weighted by Gasteiger charge is 2.20. The molecule has 1 aliphatic rings. The van der Waals surface area contributed by atoms with Gasteiger partial charge in [-0.15, -0.1) is 0 Å². The van der Waals surface area contributed by atoms with Gasteiger partial charge in [-0.05, 0) is 24.3 Å². The molecule has 1 amide bonds. The van der Waals surface area contributed by atoms with Crippen molar-refractivity contribution in [2.45, 2.75) is 0 Å². The van der Waals surface area contributed by atoms with E-state index in [1.165, 1.54) is 0 Å². The number of pyridine rings is 1. The third kappa shape index (κ3) is 2.22. The molecule has 2 heterocycles. The molecule has 4 rings (SSSR count). The molecule has 1 aromatic heterocycles. The lowest BCUT2D eigenvalue weighted by atomic mass is 10.0. The minimum absolute atomic E-state index is 0.101. The van der Waals surface area contributed by atoms with E-state index in [1.54, 1.807) is 0 Å². The van der Waals surface area contributed by atoms with E-state index >= 15 is 0 Å². The Morgan fingerprint density at radius 1 is 1.00 bits per heavy atom. The number of amides is 1. The fourth-order valence-corrected chi connectivity index (χ4v) is 3.02. The normalized spacial score (nSPS) is 15.4. The van der Waals surface area contributed by atoms with Crippen molar-refractivity contribution in [1.82, 2.24) is 15.2 Å². The molecular weight excluding hydrogens is 274 g/mol. The summed E-state index contributed by atoms with van der Waals surface area (Å²) in [5.74, 6) is 0.101. The van der Waals surface area contributed by atoms with Crippen molar-refractivity contribution in [3.63, 3.8) is 0 Å². The Kier molecular flexibility index (Phi) is 3.24. The van der Waals surface area contributed by atoms with Crippen molar-refractivity contribution in [2.75, 3.05) is 26.2 Å². The maximum Gasteiger partial charge on any atom is 0.254 e. The van der Waals surface area contributed by atoms with Crippen molar-refractivity contribution in [3.8, 4) is 0 Å². The number of nitrogens with zero attached hydrogens (tertiary/aromatic N) is 2. The summed E-state index contributed by atoms with van der Waals surface area (Å²) in [5.41, 5.74) is 2.58. The molecule has 4 heteroatoms. The molecule has 22 heavy (non-hydrogen) atoms. The summed E-state index contributed by atoms with van der Waals surface area (Å²) in [6, 6.07) is 15.9. The number of aromatic nitrogens is 1. The highest BCUT2D eigenvalue weighted by atomic mass is 16.2. The van der Waals surface area contributed by atoms with Crippen molar-refractivity contribution in [3.05, 3.63) is 54.1 Å². The predicted octanol–water partition coefficient (Wildman–Crippen LogP) is 2.43. The van der Waals surface area contributed by atoms with Crippen LogP contribution in [-0.4, -0.2) is 42.0 Å². The second kappa shape index (κ2) is 5.39. The van der Waals surface area contributed by atoms with Crippen molar-refractivity contribution in [1.29, 1.82) is 0 Å². The lowest BCUT2D eigenvalue weighted by Gasteiger charge is -2.27. The van der Waals surface area contributed by atoms with Gasteiger partial charge in [-0.2, -0.15) is 0 Å². The van der Waals surface area contributed by atoms with E-state index < -0.39 is 0 Å². The van der Waals surface area contributed by atoms with Gasteiger partial charge < -0.3 is 10.2 Å². The molecular formula is C18H17N3O. The molecule has 0 saturated carbocycles. The first-order valence-electron chi connectivity index (χ1n) is 7.61. The molecule has 0 unspecified atom stereocenters. The molecule has 1 N–H and O–H groups in total. The Morgan fingerprint density at radius 2 is 1.77 bits per heavy atom. The standard InChI is InChI=1S/C18H17N3O/c22-18(21-10-8-19-9-11-21)14-5-3-7-17-15(14)12-13-4-1-2-6-16(13)20-17/h1-7,12,19H,8-11H2. The number of piperazine rings is 1. The van der Waals surface area contributed by atoms with E-state index in [1.807, 2.05) is 47.4 Å². The fourth-order valence-electron chi connectivity index (χ4n) is 3.02. The zero-order chi connectivity index (χ0) is 14.9. The van der Waals surface area contributed by atoms with Gasteiger partial charge in [-0.1, -0.05) is 24.3 Å². The average Bonchev–Trinajstić information content (AvgIpc) is 2.59. The number of para-hydroxylation sites is 1. The van der Waals surface area contributed by atoms with Gasteiger partial charge in [-0.25, -0.2) is 4.98 Å². The molecule has 0 spiro atoms. The van der Waals surface area contributed by atoms with Crippen LogP contribution in [-0.2, 0) is 0 Å². The Balaban J connectivity index is 1.86. The largest absolute Gasteiger partial charge is 0.336 e. The second-order valence-corrected chi connectivity index (χ2v) is 5.60. The van der Waals surface area contributed by atoms with Crippen LogP contribution in [0.1, 0.15) is 10.4 Å². The number of fused-ring (bicyclic) bond motifs is 2. The summed E-state index contributed by atoms with van der Waals surface area (Å²) in [7, 11) is 0. The van der Waals surface area contributed by atoms with Gasteiger partial charge in [0.05, 0.1) is 11.0 Å². The number of rotatable bonds is 1. The number of carbonyl (C=O) groups is 1. The topological polar surface area (TPSA) is 45.2 Å². The lowest BCUT2D eigenvalue weighted by molar-refractivity contribution is 0.0738. The SMILES string of the molecule is O=C(c1cccc2nc3ccccc3cc12)N1CCNCC1. The van der Waals surface area contributed by atoms with Crippen molar-refractivity contribution in [2.24, 2.45) is 0 Å². The third-order valence-corrected chi connectivity index (χ3v) is 4.20. The maximum absolute atomic E-state index is 12.8. The quantitative estimate of drug-likeness (QED) is 0.700. The Morgan fingerprint density at radius 3 is 2.64 bits per heavy atom. The first kappa shape index (κ1) is 13.2. The van der Waals surface area contributed by atoms with Gasteiger partial charge in [0.1, 0.15) is 0 Å². The first-order valence-corrected chi connectivity index (χ1v) is 7.61. The van der Waals surface area contributed by atoms with Crippen LogP contribution >= 0.6 is 0 Å². The van der Waals surface area contributed by atoms with Crippen LogP contribution in [0.25, 0.3) is 21.8 Å². The van der Waals surface area contributed by atoms with Crippen LogP contribution < -0.4 is 5.32 Å². The van der Waals surface area contributed by atoms with Crippen LogP contribution in [0.5, 0.6) is 0 Å². The monoisotopic (exact) mass is 291 g/mol. The number of hydrogen-bond acceptors (Lipinski definition) is 3. The molecule has 1 aliphatic heterocycles. The van der Waals surface area contributed by atoms with E-state index in [0.29, 0.717) is 0 Å². The molecule has 0 radical (unpaired) electrons. The van der Waals surface area contributed by atoms with E-state index in [2.05, 4.69) is 16.4 Å². The Bertz CT molecular complexity index is 853. The van der Waals surface area contributed by atoms with E-state index in [0.717, 1.165) is 53.5 Å². The number of hydrogen-bond donors (Lipinski definition) is 1. The molecule has 1 saturated heterocycles. The molecule has 3 aromatic rings. The van der Waals surface area contributed by atoms with Gasteiger partial charge in [0.25, 0.3) is 5.91 Å². The smallest absolute Gasteiger partial charge is 0.254 e. The molecule has 110 valence electrons. The van der Waals surface area contributed by atoms with E-state index in [9.17, 15) is 4.79 Å². The number of carbonyl (C=O) groups excluding carboxylic acids is 1. The summed E-state index contributed by atoms with van der Waals surface area (Å²) in [5, 5.41) is 5.28. The highest BCUT2D eigenvalue weighted by Crippen LogP contribution is 2.23. The zero-order valence-electron chi connectivity index (χ0n) is 12.2. The molecule has 2 aromatic carbocycles. The summed E-state index contributed by atoms with van der Waals surface area (Å²) in [6.45, 7) is 3.24.